The Bertz CT molecular complexity index is 1020. The summed E-state index contributed by atoms with van der Waals surface area (Å²) in [5, 5.41) is 10.8. The molecule has 8 nitrogen and oxygen atoms in total. The minimum Gasteiger partial charge on any atom is -0.356 e. The number of carbonyl (C=O) groups excluding carboxylic acids is 2. The summed E-state index contributed by atoms with van der Waals surface area (Å²) in [7, 11) is 0. The van der Waals surface area contributed by atoms with Crippen LogP contribution in [0.25, 0.3) is 5.65 Å². The fourth-order valence-corrected chi connectivity index (χ4v) is 3.90. The molecule has 0 saturated carbocycles. The Labute approximate surface area is 181 Å². The molecule has 3 heterocycles. The van der Waals surface area contributed by atoms with E-state index in [9.17, 15) is 9.59 Å². The maximum absolute atomic E-state index is 13.2. The van der Waals surface area contributed by atoms with Crippen molar-refractivity contribution < 1.29 is 9.59 Å². The van der Waals surface area contributed by atoms with Crippen molar-refractivity contribution in [2.75, 3.05) is 26.2 Å². The smallest absolute Gasteiger partial charge is 0.274 e. The Hall–Kier alpha value is -3.26. The number of hydrogen-bond donors (Lipinski definition) is 2. The molecule has 1 aliphatic rings. The maximum atomic E-state index is 13.2. The van der Waals surface area contributed by atoms with Gasteiger partial charge in [0, 0.05) is 38.3 Å². The van der Waals surface area contributed by atoms with Crippen molar-refractivity contribution in [2.24, 2.45) is 0 Å². The number of carbonyl (C=O) groups is 2. The van der Waals surface area contributed by atoms with E-state index in [1.54, 1.807) is 23.0 Å². The van der Waals surface area contributed by atoms with E-state index in [-0.39, 0.29) is 17.9 Å². The lowest BCUT2D eigenvalue weighted by atomic mass is 10.0. The molecule has 31 heavy (non-hydrogen) atoms. The summed E-state index contributed by atoms with van der Waals surface area (Å²) in [6.07, 6.45) is 6.13. The average molecular weight is 421 g/mol. The Morgan fingerprint density at radius 1 is 1.00 bits per heavy atom. The second kappa shape index (κ2) is 10.2. The fourth-order valence-electron chi connectivity index (χ4n) is 3.90. The maximum Gasteiger partial charge on any atom is 0.274 e. The van der Waals surface area contributed by atoms with Gasteiger partial charge in [0.05, 0.1) is 6.20 Å². The van der Waals surface area contributed by atoms with Gasteiger partial charge in [0.25, 0.3) is 5.91 Å². The molecule has 2 N–H and O–H groups in total. The first kappa shape index (κ1) is 21.0. The molecule has 4 rings (SSSR count). The monoisotopic (exact) mass is 420 g/mol. The molecule has 3 aromatic rings. The minimum absolute atomic E-state index is 0.0103. The predicted molar refractivity (Wildman–Crippen MR) is 118 cm³/mol. The van der Waals surface area contributed by atoms with Crippen molar-refractivity contribution in [3.05, 3.63) is 66.1 Å². The number of nitrogens with zero attached hydrogens (tertiary/aromatic N) is 4. The molecule has 162 valence electrons. The van der Waals surface area contributed by atoms with Crippen LogP contribution in [-0.4, -0.2) is 57.5 Å². The van der Waals surface area contributed by atoms with Crippen LogP contribution in [0.3, 0.4) is 0 Å². The van der Waals surface area contributed by atoms with Crippen molar-refractivity contribution in [1.82, 2.24) is 30.1 Å². The van der Waals surface area contributed by atoms with Gasteiger partial charge in [0.2, 0.25) is 5.91 Å². The van der Waals surface area contributed by atoms with Crippen LogP contribution >= 0.6 is 0 Å². The number of benzene rings is 1. The standard InChI is InChI=1S/C23H28N6O2/c30-22-16-19(18-8-2-1-3-9-18)24-11-4-5-14-28(15-7-12-25-22)23(31)20-17-26-21-10-6-13-27-29(20)21/h1-3,6,8-10,13,17,19,24H,4-5,7,11-12,14-16H2,(H,25,30). The number of aromatic nitrogens is 3. The van der Waals surface area contributed by atoms with Gasteiger partial charge in [-0.15, -0.1) is 0 Å². The summed E-state index contributed by atoms with van der Waals surface area (Å²) in [5.74, 6) is -0.0630. The van der Waals surface area contributed by atoms with Crippen LogP contribution < -0.4 is 10.6 Å². The van der Waals surface area contributed by atoms with Crippen molar-refractivity contribution >= 4 is 17.5 Å². The summed E-state index contributed by atoms with van der Waals surface area (Å²) in [5.41, 5.74) is 2.23. The van der Waals surface area contributed by atoms with E-state index in [0.717, 1.165) is 24.9 Å². The molecule has 1 aromatic carbocycles. The highest BCUT2D eigenvalue weighted by atomic mass is 16.2. The van der Waals surface area contributed by atoms with Crippen LogP contribution in [0.2, 0.25) is 0 Å². The molecule has 1 fully saturated rings. The molecule has 0 aliphatic carbocycles. The van der Waals surface area contributed by atoms with Crippen molar-refractivity contribution in [3.63, 3.8) is 0 Å². The van der Waals surface area contributed by atoms with Gasteiger partial charge in [0.15, 0.2) is 11.3 Å². The SMILES string of the molecule is O=C1CC(c2ccccc2)NCCCCN(C(=O)c2cnc3cccnn23)CCCN1. The molecule has 1 unspecified atom stereocenters. The van der Waals surface area contributed by atoms with Crippen LogP contribution in [0, 0.1) is 0 Å². The molecule has 2 amide bonds. The largest absolute Gasteiger partial charge is 0.356 e. The molecule has 0 bridgehead atoms. The van der Waals surface area contributed by atoms with Gasteiger partial charge in [-0.05, 0) is 43.5 Å². The van der Waals surface area contributed by atoms with E-state index in [4.69, 9.17) is 0 Å². The molecule has 1 saturated heterocycles. The zero-order chi connectivity index (χ0) is 21.5. The minimum atomic E-state index is -0.0810. The van der Waals surface area contributed by atoms with E-state index in [1.807, 2.05) is 41.3 Å². The quantitative estimate of drug-likeness (QED) is 0.663. The van der Waals surface area contributed by atoms with Gasteiger partial charge < -0.3 is 15.5 Å². The Kier molecular flexibility index (Phi) is 6.89. The van der Waals surface area contributed by atoms with Crippen LogP contribution in [0.4, 0.5) is 0 Å². The summed E-state index contributed by atoms with van der Waals surface area (Å²) in [4.78, 5) is 31.8. The van der Waals surface area contributed by atoms with Gasteiger partial charge in [0.1, 0.15) is 0 Å². The number of fused-ring (bicyclic) bond motifs is 1. The van der Waals surface area contributed by atoms with Crippen LogP contribution in [0.1, 0.15) is 47.8 Å². The topological polar surface area (TPSA) is 91.6 Å². The molecule has 2 aromatic heterocycles. The van der Waals surface area contributed by atoms with Crippen molar-refractivity contribution in [2.45, 2.75) is 31.7 Å². The average Bonchev–Trinajstić information content (AvgIpc) is 3.23. The summed E-state index contributed by atoms with van der Waals surface area (Å²) in [6, 6.07) is 13.7. The van der Waals surface area contributed by atoms with Crippen LogP contribution in [-0.2, 0) is 4.79 Å². The first-order valence-corrected chi connectivity index (χ1v) is 10.9. The first-order chi connectivity index (χ1) is 15.2. The Morgan fingerprint density at radius 3 is 2.71 bits per heavy atom. The highest BCUT2D eigenvalue weighted by molar-refractivity contribution is 5.93. The molecule has 0 spiro atoms. The van der Waals surface area contributed by atoms with Crippen LogP contribution in [0.5, 0.6) is 0 Å². The molecular weight excluding hydrogens is 392 g/mol. The third-order valence-corrected chi connectivity index (χ3v) is 5.55. The lowest BCUT2D eigenvalue weighted by molar-refractivity contribution is -0.121. The number of hydrogen-bond acceptors (Lipinski definition) is 5. The highest BCUT2D eigenvalue weighted by Crippen LogP contribution is 2.17. The lowest BCUT2D eigenvalue weighted by Gasteiger charge is -2.22. The molecule has 1 aliphatic heterocycles. The van der Waals surface area contributed by atoms with Gasteiger partial charge >= 0.3 is 0 Å². The third-order valence-electron chi connectivity index (χ3n) is 5.55. The molecule has 8 heteroatoms. The predicted octanol–water partition coefficient (Wildman–Crippen LogP) is 2.19. The Balaban J connectivity index is 1.43. The van der Waals surface area contributed by atoms with Crippen molar-refractivity contribution in [1.29, 1.82) is 0 Å². The molecular formula is C23H28N6O2. The number of rotatable bonds is 2. The molecule has 0 radical (unpaired) electrons. The zero-order valence-electron chi connectivity index (χ0n) is 17.5. The lowest BCUT2D eigenvalue weighted by Crippen LogP contribution is -2.36. The summed E-state index contributed by atoms with van der Waals surface area (Å²) >= 11 is 0. The van der Waals surface area contributed by atoms with E-state index >= 15 is 0 Å². The van der Waals surface area contributed by atoms with Crippen LogP contribution in [0.15, 0.2) is 54.9 Å². The van der Waals surface area contributed by atoms with Crippen molar-refractivity contribution in [3.8, 4) is 0 Å². The fraction of sp³-hybridized carbons (Fsp3) is 0.391. The highest BCUT2D eigenvalue weighted by Gasteiger charge is 2.21. The van der Waals surface area contributed by atoms with Gasteiger partial charge in [-0.25, -0.2) is 9.50 Å². The first-order valence-electron chi connectivity index (χ1n) is 10.9. The third kappa shape index (κ3) is 5.27. The van der Waals surface area contributed by atoms with E-state index < -0.39 is 0 Å². The zero-order valence-corrected chi connectivity index (χ0v) is 17.5. The van der Waals surface area contributed by atoms with E-state index in [1.165, 1.54) is 0 Å². The number of imidazole rings is 1. The Morgan fingerprint density at radius 2 is 1.84 bits per heavy atom. The second-order valence-electron chi connectivity index (χ2n) is 7.76. The number of amides is 2. The van der Waals surface area contributed by atoms with E-state index in [2.05, 4.69) is 20.7 Å². The normalized spacial score (nSPS) is 19.2. The summed E-state index contributed by atoms with van der Waals surface area (Å²) < 4.78 is 1.58. The van der Waals surface area contributed by atoms with E-state index in [0.29, 0.717) is 43.8 Å². The summed E-state index contributed by atoms with van der Waals surface area (Å²) in [6.45, 7) is 2.56. The second-order valence-corrected chi connectivity index (χ2v) is 7.76. The van der Waals surface area contributed by atoms with Gasteiger partial charge in [-0.1, -0.05) is 30.3 Å². The van der Waals surface area contributed by atoms with Gasteiger partial charge in [-0.3, -0.25) is 9.59 Å². The number of nitrogens with one attached hydrogen (secondary N) is 2. The molecule has 1 atom stereocenters. The van der Waals surface area contributed by atoms with Gasteiger partial charge in [-0.2, -0.15) is 5.10 Å².